The second-order valence-electron chi connectivity index (χ2n) is 4.51. The van der Waals surface area contributed by atoms with E-state index < -0.39 is 4.92 Å². The van der Waals surface area contributed by atoms with Gasteiger partial charge in [0.2, 0.25) is 0 Å². The number of nitrogens with zero attached hydrogens (tertiary/aromatic N) is 3. The van der Waals surface area contributed by atoms with Crippen molar-refractivity contribution in [3.05, 3.63) is 28.3 Å². The Kier molecular flexibility index (Phi) is 4.39. The van der Waals surface area contributed by atoms with Crippen molar-refractivity contribution >= 4 is 28.5 Å². The van der Waals surface area contributed by atoms with Gasteiger partial charge in [0.15, 0.2) is 5.16 Å². The van der Waals surface area contributed by atoms with Gasteiger partial charge in [0, 0.05) is 17.9 Å². The van der Waals surface area contributed by atoms with Gasteiger partial charge in [-0.25, -0.2) is 4.98 Å². The van der Waals surface area contributed by atoms with E-state index in [4.69, 9.17) is 0 Å². The van der Waals surface area contributed by atoms with Gasteiger partial charge in [-0.15, -0.1) is 0 Å². The van der Waals surface area contributed by atoms with E-state index in [-0.39, 0.29) is 5.69 Å². The summed E-state index contributed by atoms with van der Waals surface area (Å²) in [6.45, 7) is 1.04. The lowest BCUT2D eigenvalue weighted by Crippen LogP contribution is -2.13. The van der Waals surface area contributed by atoms with Crippen LogP contribution in [-0.4, -0.2) is 46.2 Å². The van der Waals surface area contributed by atoms with E-state index in [0.29, 0.717) is 5.52 Å². The lowest BCUT2D eigenvalue weighted by molar-refractivity contribution is -0.384. The summed E-state index contributed by atoms with van der Waals surface area (Å²) in [5.74, 6) is 0.972. The highest BCUT2D eigenvalue weighted by Gasteiger charge is 2.09. The maximum absolute atomic E-state index is 10.7. The Morgan fingerprint density at radius 1 is 1.47 bits per heavy atom. The first-order chi connectivity index (χ1) is 9.06. The van der Waals surface area contributed by atoms with Gasteiger partial charge in [0.05, 0.1) is 16.0 Å². The van der Waals surface area contributed by atoms with Gasteiger partial charge in [-0.1, -0.05) is 11.8 Å². The van der Waals surface area contributed by atoms with Crippen LogP contribution in [0.15, 0.2) is 23.4 Å². The van der Waals surface area contributed by atoms with Crippen LogP contribution >= 0.6 is 11.8 Å². The molecule has 2 aromatic rings. The first-order valence-electron chi connectivity index (χ1n) is 5.98. The largest absolute Gasteiger partial charge is 0.333 e. The molecule has 0 saturated carbocycles. The van der Waals surface area contributed by atoms with Crippen molar-refractivity contribution < 1.29 is 4.92 Å². The molecule has 0 fully saturated rings. The molecule has 7 heteroatoms. The Bertz CT molecular complexity index is 582. The number of benzene rings is 1. The van der Waals surface area contributed by atoms with Crippen molar-refractivity contribution in [3.63, 3.8) is 0 Å². The van der Waals surface area contributed by atoms with Gasteiger partial charge in [-0.3, -0.25) is 10.1 Å². The van der Waals surface area contributed by atoms with Crippen LogP contribution in [0.3, 0.4) is 0 Å². The Morgan fingerprint density at radius 2 is 2.26 bits per heavy atom. The van der Waals surface area contributed by atoms with Gasteiger partial charge in [0.25, 0.3) is 5.69 Å². The Morgan fingerprint density at radius 3 is 2.95 bits per heavy atom. The molecule has 0 atom stereocenters. The summed E-state index contributed by atoms with van der Waals surface area (Å²) in [6, 6.07) is 4.68. The number of hydrogen-bond acceptors (Lipinski definition) is 5. The number of rotatable bonds is 6. The third-order valence-corrected chi connectivity index (χ3v) is 3.60. The monoisotopic (exact) mass is 280 g/mol. The zero-order chi connectivity index (χ0) is 13.8. The summed E-state index contributed by atoms with van der Waals surface area (Å²) in [4.78, 5) is 19.9. The van der Waals surface area contributed by atoms with Crippen LogP contribution in [0.25, 0.3) is 11.0 Å². The number of aromatic nitrogens is 2. The summed E-state index contributed by atoms with van der Waals surface area (Å²) in [7, 11) is 4.09. The molecule has 102 valence electrons. The topological polar surface area (TPSA) is 75.1 Å². The van der Waals surface area contributed by atoms with E-state index in [1.807, 2.05) is 14.1 Å². The summed E-state index contributed by atoms with van der Waals surface area (Å²) < 4.78 is 0. The number of aromatic amines is 1. The summed E-state index contributed by atoms with van der Waals surface area (Å²) in [6.07, 6.45) is 1.08. The molecule has 0 unspecified atom stereocenters. The summed E-state index contributed by atoms with van der Waals surface area (Å²) in [5.41, 5.74) is 1.55. The number of non-ortho nitro benzene ring substituents is 1. The predicted octanol–water partition coefficient (Wildman–Crippen LogP) is 2.51. The minimum Gasteiger partial charge on any atom is -0.333 e. The number of H-pyrrole nitrogens is 1. The molecule has 1 N–H and O–H groups in total. The molecule has 0 radical (unpaired) electrons. The number of thioether (sulfide) groups is 1. The predicted molar refractivity (Wildman–Crippen MR) is 76.6 cm³/mol. The van der Waals surface area contributed by atoms with Crippen LogP contribution in [0.5, 0.6) is 0 Å². The van der Waals surface area contributed by atoms with E-state index in [1.165, 1.54) is 12.1 Å². The van der Waals surface area contributed by atoms with Crippen LogP contribution in [-0.2, 0) is 0 Å². The lowest BCUT2D eigenvalue weighted by atomic mass is 10.3. The van der Waals surface area contributed by atoms with Crippen molar-refractivity contribution in [2.45, 2.75) is 11.6 Å². The zero-order valence-corrected chi connectivity index (χ0v) is 11.7. The molecule has 1 aromatic carbocycles. The second-order valence-corrected chi connectivity index (χ2v) is 5.59. The van der Waals surface area contributed by atoms with E-state index in [1.54, 1.807) is 17.8 Å². The molecule has 0 saturated heterocycles. The maximum Gasteiger partial charge on any atom is 0.271 e. The van der Waals surface area contributed by atoms with Crippen LogP contribution in [0.1, 0.15) is 6.42 Å². The highest BCUT2D eigenvalue weighted by molar-refractivity contribution is 7.99. The smallest absolute Gasteiger partial charge is 0.271 e. The third kappa shape index (κ3) is 3.68. The highest BCUT2D eigenvalue weighted by atomic mass is 32.2. The lowest BCUT2D eigenvalue weighted by Gasteiger charge is -2.07. The minimum atomic E-state index is -0.405. The first kappa shape index (κ1) is 13.8. The van der Waals surface area contributed by atoms with Crippen molar-refractivity contribution in [1.82, 2.24) is 14.9 Å². The maximum atomic E-state index is 10.7. The number of nitro benzene ring substituents is 1. The number of imidazole rings is 1. The third-order valence-electron chi connectivity index (χ3n) is 2.64. The molecule has 1 heterocycles. The van der Waals surface area contributed by atoms with Crippen molar-refractivity contribution in [2.24, 2.45) is 0 Å². The molecule has 0 aliphatic heterocycles. The Labute approximate surface area is 115 Å². The molecule has 0 amide bonds. The number of hydrogen-bond donors (Lipinski definition) is 1. The number of fused-ring (bicyclic) bond motifs is 1. The molecule has 0 aliphatic carbocycles. The minimum absolute atomic E-state index is 0.0724. The standard InChI is InChI=1S/C12H16N4O2S/c1-15(2)6-3-7-19-12-13-10-5-4-9(16(17)18)8-11(10)14-12/h4-5,8H,3,6-7H2,1-2H3,(H,13,14). The van der Waals surface area contributed by atoms with Gasteiger partial charge in [-0.2, -0.15) is 0 Å². The average molecular weight is 280 g/mol. The molecule has 19 heavy (non-hydrogen) atoms. The molecule has 0 spiro atoms. The van der Waals surface area contributed by atoms with E-state index in [0.717, 1.165) is 29.4 Å². The van der Waals surface area contributed by atoms with E-state index in [2.05, 4.69) is 14.9 Å². The van der Waals surface area contributed by atoms with Crippen LogP contribution in [0, 0.1) is 10.1 Å². The molecular formula is C12H16N4O2S. The summed E-state index contributed by atoms with van der Waals surface area (Å²) >= 11 is 1.64. The van der Waals surface area contributed by atoms with Crippen molar-refractivity contribution in [2.75, 3.05) is 26.4 Å². The number of nitro groups is 1. The summed E-state index contributed by atoms with van der Waals surface area (Å²) in [5, 5.41) is 11.5. The van der Waals surface area contributed by atoms with Gasteiger partial charge in [-0.05, 0) is 33.1 Å². The van der Waals surface area contributed by atoms with Crippen molar-refractivity contribution in [3.8, 4) is 0 Å². The normalized spacial score (nSPS) is 11.3. The molecule has 1 aromatic heterocycles. The first-order valence-corrected chi connectivity index (χ1v) is 6.96. The quantitative estimate of drug-likeness (QED) is 0.381. The number of nitrogens with one attached hydrogen (secondary N) is 1. The van der Waals surface area contributed by atoms with Crippen LogP contribution < -0.4 is 0 Å². The molecule has 0 bridgehead atoms. The molecule has 2 rings (SSSR count). The van der Waals surface area contributed by atoms with Gasteiger partial charge >= 0.3 is 0 Å². The molecular weight excluding hydrogens is 264 g/mol. The fraction of sp³-hybridized carbons (Fsp3) is 0.417. The second kappa shape index (κ2) is 6.03. The van der Waals surface area contributed by atoms with Gasteiger partial charge < -0.3 is 9.88 Å². The Hall–Kier alpha value is -1.60. The average Bonchev–Trinajstić information content (AvgIpc) is 2.75. The zero-order valence-electron chi connectivity index (χ0n) is 10.9. The molecule has 6 nitrogen and oxygen atoms in total. The Balaban J connectivity index is 2.03. The van der Waals surface area contributed by atoms with Crippen LogP contribution in [0.2, 0.25) is 0 Å². The van der Waals surface area contributed by atoms with Crippen molar-refractivity contribution in [1.29, 1.82) is 0 Å². The fourth-order valence-electron chi connectivity index (χ4n) is 1.70. The molecule has 0 aliphatic rings. The van der Waals surface area contributed by atoms with Crippen LogP contribution in [0.4, 0.5) is 5.69 Å². The van der Waals surface area contributed by atoms with Gasteiger partial charge in [0.1, 0.15) is 0 Å². The fourth-order valence-corrected chi connectivity index (χ4v) is 2.51. The SMILES string of the molecule is CN(C)CCCSc1nc2cc([N+](=O)[O-])ccc2[nH]1. The highest BCUT2D eigenvalue weighted by Crippen LogP contribution is 2.23. The van der Waals surface area contributed by atoms with E-state index >= 15 is 0 Å². The van der Waals surface area contributed by atoms with E-state index in [9.17, 15) is 10.1 Å².